The van der Waals surface area contributed by atoms with Gasteiger partial charge in [0.05, 0.1) is 0 Å². The summed E-state index contributed by atoms with van der Waals surface area (Å²) in [6.45, 7) is 6.19. The number of ether oxygens (including phenoxy) is 1. The van der Waals surface area contributed by atoms with Gasteiger partial charge in [0.1, 0.15) is 23.8 Å². The quantitative estimate of drug-likeness (QED) is 0.162. The van der Waals surface area contributed by atoms with E-state index in [9.17, 15) is 10.0 Å². The minimum absolute atomic E-state index is 0.236. The van der Waals surface area contributed by atoms with Crippen LogP contribution in [0.1, 0.15) is 62.1 Å². The van der Waals surface area contributed by atoms with Crippen LogP contribution in [0.4, 0.5) is 5.69 Å². The number of likely N-dealkylation sites (tertiary alicyclic amines) is 1. The van der Waals surface area contributed by atoms with Gasteiger partial charge in [-0.05, 0) is 108 Å². The molecule has 0 spiro atoms. The molecule has 4 rings (SSSR count). The Kier molecular flexibility index (Phi) is 9.28. The number of aromatic hydroxyl groups is 1. The predicted octanol–water partition coefficient (Wildman–Crippen LogP) is 7.80. The van der Waals surface area contributed by atoms with E-state index in [1.807, 2.05) is 30.3 Å². The van der Waals surface area contributed by atoms with Crippen LogP contribution in [0.25, 0.3) is 11.1 Å². The molecule has 188 valence electrons. The zero-order chi connectivity index (χ0) is 25.2. The average molecular weight is 485 g/mol. The standard InChI is InChI=1S/C31H36N2O3/c1-2-3-4-10-30(26-8-7-9-29(23-26)36-22-21-33-19-5-6-20-33)31(25-13-17-28(34)18-14-25)24-11-15-27(32-35)16-12-24/h7-9,11-18,23,34H,2-6,10,19-22H2,1H3/b31-30+. The molecule has 0 saturated carbocycles. The number of phenols is 1. The van der Waals surface area contributed by atoms with E-state index in [1.165, 1.54) is 31.5 Å². The highest BCUT2D eigenvalue weighted by molar-refractivity contribution is 5.99. The molecule has 1 fully saturated rings. The molecule has 5 nitrogen and oxygen atoms in total. The maximum Gasteiger partial charge on any atom is 0.119 e. The first-order chi connectivity index (χ1) is 17.7. The molecule has 0 unspecified atom stereocenters. The van der Waals surface area contributed by atoms with Crippen molar-refractivity contribution < 1.29 is 9.84 Å². The predicted molar refractivity (Wildman–Crippen MR) is 148 cm³/mol. The molecule has 36 heavy (non-hydrogen) atoms. The Hall–Kier alpha value is -3.44. The van der Waals surface area contributed by atoms with Crippen molar-refractivity contribution in [1.82, 2.24) is 4.90 Å². The van der Waals surface area contributed by atoms with Gasteiger partial charge < -0.3 is 9.84 Å². The molecule has 1 aliphatic heterocycles. The maximum absolute atomic E-state index is 11.0. The first-order valence-electron chi connectivity index (χ1n) is 13.1. The van der Waals surface area contributed by atoms with Crippen molar-refractivity contribution >= 4 is 16.8 Å². The first kappa shape index (κ1) is 25.6. The number of rotatable bonds is 12. The number of nitrogens with zero attached hydrogens (tertiary/aromatic N) is 2. The topological polar surface area (TPSA) is 62.1 Å². The molecule has 1 heterocycles. The van der Waals surface area contributed by atoms with Crippen LogP contribution in [0, 0.1) is 4.91 Å². The Balaban J connectivity index is 1.73. The number of unbranched alkanes of at least 4 members (excludes halogenated alkanes) is 2. The summed E-state index contributed by atoms with van der Waals surface area (Å²) in [5.74, 6) is 1.12. The number of hydrogen-bond donors (Lipinski definition) is 1. The molecule has 3 aromatic rings. The number of hydrogen-bond acceptors (Lipinski definition) is 5. The van der Waals surface area contributed by atoms with E-state index in [2.05, 4.69) is 35.2 Å². The van der Waals surface area contributed by atoms with Crippen molar-refractivity contribution in [2.75, 3.05) is 26.2 Å². The van der Waals surface area contributed by atoms with E-state index in [1.54, 1.807) is 24.3 Å². The van der Waals surface area contributed by atoms with Crippen LogP contribution in [0.15, 0.2) is 78.0 Å². The average Bonchev–Trinajstić information content (AvgIpc) is 3.43. The third-order valence-corrected chi connectivity index (χ3v) is 6.81. The third kappa shape index (κ3) is 6.82. The highest BCUT2D eigenvalue weighted by Gasteiger charge is 2.16. The fourth-order valence-corrected chi connectivity index (χ4v) is 4.87. The molecular weight excluding hydrogens is 448 g/mol. The van der Waals surface area contributed by atoms with Gasteiger partial charge >= 0.3 is 0 Å². The Morgan fingerprint density at radius 3 is 2.28 bits per heavy atom. The van der Waals surface area contributed by atoms with Gasteiger partial charge in [-0.1, -0.05) is 56.2 Å². The summed E-state index contributed by atoms with van der Waals surface area (Å²) in [5.41, 5.74) is 5.89. The monoisotopic (exact) mass is 484 g/mol. The van der Waals surface area contributed by atoms with Crippen molar-refractivity contribution in [3.8, 4) is 11.5 Å². The van der Waals surface area contributed by atoms with Crippen LogP contribution in [0.5, 0.6) is 11.5 Å². The van der Waals surface area contributed by atoms with Crippen LogP contribution in [0.2, 0.25) is 0 Å². The Labute approximate surface area is 214 Å². The lowest BCUT2D eigenvalue weighted by molar-refractivity contribution is 0.238. The molecule has 1 saturated heterocycles. The summed E-state index contributed by atoms with van der Waals surface area (Å²) in [5, 5.41) is 13.0. The second-order valence-electron chi connectivity index (χ2n) is 9.42. The number of benzene rings is 3. The molecule has 0 radical (unpaired) electrons. The van der Waals surface area contributed by atoms with Gasteiger partial charge in [-0.25, -0.2) is 0 Å². The lowest BCUT2D eigenvalue weighted by atomic mass is 9.86. The molecule has 0 aromatic heterocycles. The van der Waals surface area contributed by atoms with E-state index in [4.69, 9.17) is 4.74 Å². The molecule has 1 aliphatic rings. The van der Waals surface area contributed by atoms with Crippen molar-refractivity contribution in [2.24, 2.45) is 5.18 Å². The molecule has 0 aliphatic carbocycles. The second kappa shape index (κ2) is 13.0. The molecule has 1 N–H and O–H groups in total. The SMILES string of the molecule is CCCCC/C(=C(\c1ccc(O)cc1)c1ccc(N=O)cc1)c1cccc(OCCN2CCCC2)c1. The van der Waals surface area contributed by atoms with Crippen molar-refractivity contribution in [3.63, 3.8) is 0 Å². The van der Waals surface area contributed by atoms with Crippen LogP contribution < -0.4 is 4.74 Å². The van der Waals surface area contributed by atoms with E-state index >= 15 is 0 Å². The Morgan fingerprint density at radius 2 is 1.61 bits per heavy atom. The smallest absolute Gasteiger partial charge is 0.119 e. The van der Waals surface area contributed by atoms with Crippen LogP contribution in [0.3, 0.4) is 0 Å². The van der Waals surface area contributed by atoms with Crippen molar-refractivity contribution in [2.45, 2.75) is 45.4 Å². The summed E-state index contributed by atoms with van der Waals surface area (Å²) in [4.78, 5) is 13.5. The minimum atomic E-state index is 0.236. The summed E-state index contributed by atoms with van der Waals surface area (Å²) in [6, 6.07) is 23.1. The van der Waals surface area contributed by atoms with Crippen LogP contribution in [-0.2, 0) is 0 Å². The maximum atomic E-state index is 11.0. The summed E-state index contributed by atoms with van der Waals surface area (Å²) >= 11 is 0. The minimum Gasteiger partial charge on any atom is -0.508 e. The molecule has 3 aromatic carbocycles. The lowest BCUT2D eigenvalue weighted by Crippen LogP contribution is -2.25. The van der Waals surface area contributed by atoms with Gasteiger partial charge in [0.2, 0.25) is 0 Å². The van der Waals surface area contributed by atoms with Gasteiger partial charge in [0.25, 0.3) is 0 Å². The van der Waals surface area contributed by atoms with Crippen LogP contribution in [-0.4, -0.2) is 36.2 Å². The fourth-order valence-electron chi connectivity index (χ4n) is 4.87. The zero-order valence-electron chi connectivity index (χ0n) is 21.2. The van der Waals surface area contributed by atoms with Crippen molar-refractivity contribution in [1.29, 1.82) is 0 Å². The van der Waals surface area contributed by atoms with E-state index < -0.39 is 0 Å². The highest BCUT2D eigenvalue weighted by Crippen LogP contribution is 2.37. The Bertz CT molecular complexity index is 1150. The van der Waals surface area contributed by atoms with E-state index in [0.717, 1.165) is 60.2 Å². The summed E-state index contributed by atoms with van der Waals surface area (Å²) < 4.78 is 6.18. The number of allylic oxidation sites excluding steroid dienone is 1. The Morgan fingerprint density at radius 1 is 0.917 bits per heavy atom. The summed E-state index contributed by atoms with van der Waals surface area (Å²) in [6.07, 6.45) is 6.83. The summed E-state index contributed by atoms with van der Waals surface area (Å²) in [7, 11) is 0. The normalized spacial score (nSPS) is 14.5. The second-order valence-corrected chi connectivity index (χ2v) is 9.42. The largest absolute Gasteiger partial charge is 0.508 e. The zero-order valence-corrected chi connectivity index (χ0v) is 21.2. The molecule has 0 atom stereocenters. The fraction of sp³-hybridized carbons (Fsp3) is 0.355. The molecule has 0 bridgehead atoms. The van der Waals surface area contributed by atoms with Gasteiger partial charge in [-0.2, -0.15) is 0 Å². The van der Waals surface area contributed by atoms with Crippen molar-refractivity contribution in [3.05, 3.63) is 94.4 Å². The third-order valence-electron chi connectivity index (χ3n) is 6.81. The lowest BCUT2D eigenvalue weighted by Gasteiger charge is -2.19. The van der Waals surface area contributed by atoms with E-state index in [-0.39, 0.29) is 5.75 Å². The molecule has 0 amide bonds. The van der Waals surface area contributed by atoms with Crippen LogP contribution >= 0.6 is 0 Å². The highest BCUT2D eigenvalue weighted by atomic mass is 16.5. The first-order valence-corrected chi connectivity index (χ1v) is 13.1. The van der Waals surface area contributed by atoms with Gasteiger partial charge in [-0.3, -0.25) is 4.90 Å². The van der Waals surface area contributed by atoms with E-state index in [0.29, 0.717) is 12.3 Å². The van der Waals surface area contributed by atoms with Gasteiger partial charge in [0.15, 0.2) is 0 Å². The number of phenolic OH excluding ortho intramolecular Hbond substituents is 1. The molecular formula is C31H36N2O3. The number of nitroso groups, excluding NO2 is 1. The van der Waals surface area contributed by atoms with Gasteiger partial charge in [-0.15, -0.1) is 4.91 Å². The molecule has 5 heteroatoms. The van der Waals surface area contributed by atoms with Gasteiger partial charge in [0, 0.05) is 6.54 Å².